The summed E-state index contributed by atoms with van der Waals surface area (Å²) in [5.41, 5.74) is 2.61. The Balaban J connectivity index is 1.49. The molecule has 1 aromatic carbocycles. The summed E-state index contributed by atoms with van der Waals surface area (Å²) in [7, 11) is 3.32. The van der Waals surface area contributed by atoms with Crippen LogP contribution < -0.4 is 5.32 Å². The third-order valence-electron chi connectivity index (χ3n) is 5.03. The van der Waals surface area contributed by atoms with Crippen LogP contribution in [0.4, 0.5) is 5.69 Å². The molecule has 0 aliphatic carbocycles. The zero-order valence-electron chi connectivity index (χ0n) is 16.9. The summed E-state index contributed by atoms with van der Waals surface area (Å²) in [6.45, 7) is 0.500. The van der Waals surface area contributed by atoms with E-state index >= 15 is 0 Å². The molecule has 3 heterocycles. The minimum Gasteiger partial charge on any atom is -0.373 e. The van der Waals surface area contributed by atoms with Gasteiger partial charge < -0.3 is 15.0 Å². The Morgan fingerprint density at radius 2 is 2.00 bits per heavy atom. The Morgan fingerprint density at radius 3 is 2.77 bits per heavy atom. The van der Waals surface area contributed by atoms with Crippen LogP contribution in [-0.2, 0) is 9.53 Å². The molecule has 1 saturated heterocycles. The monoisotopic (exact) mass is 405 g/mol. The van der Waals surface area contributed by atoms with E-state index in [1.165, 1.54) is 11.1 Å². The highest BCUT2D eigenvalue weighted by Gasteiger charge is 2.36. The fourth-order valence-corrected chi connectivity index (χ4v) is 3.48. The predicted molar refractivity (Wildman–Crippen MR) is 111 cm³/mol. The summed E-state index contributed by atoms with van der Waals surface area (Å²) in [6.07, 6.45) is 5.39. The molecular weight excluding hydrogens is 382 g/mol. The number of hydrogen-bond acceptors (Lipinski definition) is 5. The summed E-state index contributed by atoms with van der Waals surface area (Å²) in [6, 6.07) is 13.0. The Morgan fingerprint density at radius 1 is 1.20 bits per heavy atom. The number of carbonyl (C=O) groups excluding carboxylic acids is 2. The van der Waals surface area contributed by atoms with E-state index in [4.69, 9.17) is 4.74 Å². The van der Waals surface area contributed by atoms with Gasteiger partial charge in [-0.15, -0.1) is 0 Å². The smallest absolute Gasteiger partial charge is 0.272 e. The first-order chi connectivity index (χ1) is 14.5. The number of amides is 2. The van der Waals surface area contributed by atoms with Gasteiger partial charge in [-0.2, -0.15) is 5.10 Å². The maximum absolute atomic E-state index is 13.0. The molecular formula is C22H23N5O3. The van der Waals surface area contributed by atoms with Crippen LogP contribution in [0.1, 0.15) is 28.6 Å². The molecule has 0 spiro atoms. The van der Waals surface area contributed by atoms with Crippen molar-refractivity contribution >= 4 is 17.5 Å². The first kappa shape index (κ1) is 19.8. The van der Waals surface area contributed by atoms with Crippen molar-refractivity contribution in [1.82, 2.24) is 19.7 Å². The number of pyridine rings is 1. The Bertz CT molecular complexity index is 1050. The number of anilines is 1. The van der Waals surface area contributed by atoms with E-state index < -0.39 is 0 Å². The van der Waals surface area contributed by atoms with Gasteiger partial charge in [0.05, 0.1) is 23.9 Å². The van der Waals surface area contributed by atoms with Gasteiger partial charge >= 0.3 is 0 Å². The fraction of sp³-hybridized carbons (Fsp3) is 0.273. The van der Waals surface area contributed by atoms with Crippen LogP contribution in [0.3, 0.4) is 0 Å². The predicted octanol–water partition coefficient (Wildman–Crippen LogP) is 2.69. The number of para-hydroxylation sites is 1. The number of aromatic nitrogens is 3. The lowest BCUT2D eigenvalue weighted by Gasteiger charge is -2.17. The van der Waals surface area contributed by atoms with E-state index in [0.717, 1.165) is 11.3 Å². The van der Waals surface area contributed by atoms with E-state index in [0.29, 0.717) is 18.7 Å². The largest absolute Gasteiger partial charge is 0.373 e. The second-order valence-corrected chi connectivity index (χ2v) is 7.36. The summed E-state index contributed by atoms with van der Waals surface area (Å²) in [5, 5.41) is 7.31. The fourth-order valence-electron chi connectivity index (χ4n) is 3.48. The van der Waals surface area contributed by atoms with Gasteiger partial charge in [-0.3, -0.25) is 14.6 Å². The van der Waals surface area contributed by atoms with Crippen LogP contribution in [0.25, 0.3) is 5.69 Å². The summed E-state index contributed by atoms with van der Waals surface area (Å²) in [4.78, 5) is 30.6. The quantitative estimate of drug-likeness (QED) is 0.705. The van der Waals surface area contributed by atoms with Crippen molar-refractivity contribution in [2.45, 2.75) is 12.5 Å². The Hall–Kier alpha value is -3.52. The van der Waals surface area contributed by atoms with Crippen LogP contribution in [0, 0.1) is 5.92 Å². The maximum atomic E-state index is 13.0. The topological polar surface area (TPSA) is 89.4 Å². The zero-order valence-corrected chi connectivity index (χ0v) is 16.9. The van der Waals surface area contributed by atoms with Gasteiger partial charge in [-0.1, -0.05) is 18.2 Å². The molecule has 30 heavy (non-hydrogen) atoms. The molecule has 0 saturated carbocycles. The maximum Gasteiger partial charge on any atom is 0.272 e. The summed E-state index contributed by atoms with van der Waals surface area (Å²) in [5.74, 6) is -0.722. The molecule has 2 aromatic heterocycles. The number of carbonyl (C=O) groups is 2. The molecule has 2 atom stereocenters. The highest BCUT2D eigenvalue weighted by atomic mass is 16.5. The van der Waals surface area contributed by atoms with Crippen molar-refractivity contribution in [1.29, 1.82) is 0 Å². The van der Waals surface area contributed by atoms with Crippen molar-refractivity contribution < 1.29 is 14.3 Å². The van der Waals surface area contributed by atoms with Crippen LogP contribution in [0.15, 0.2) is 61.1 Å². The first-order valence-electron chi connectivity index (χ1n) is 9.73. The number of benzene rings is 1. The number of ether oxygens (including phenoxy) is 1. The second-order valence-electron chi connectivity index (χ2n) is 7.36. The molecule has 1 N–H and O–H groups in total. The molecule has 1 aliphatic rings. The number of nitrogens with zero attached hydrogens (tertiary/aromatic N) is 4. The van der Waals surface area contributed by atoms with Gasteiger partial charge in [0.2, 0.25) is 5.91 Å². The molecule has 4 rings (SSSR count). The van der Waals surface area contributed by atoms with E-state index in [-0.39, 0.29) is 29.5 Å². The minimum absolute atomic E-state index is 0.153. The number of nitrogens with one attached hydrogen (secondary N) is 1. The van der Waals surface area contributed by atoms with E-state index in [9.17, 15) is 9.59 Å². The third kappa shape index (κ3) is 4.08. The highest BCUT2D eigenvalue weighted by molar-refractivity contribution is 5.96. The average Bonchev–Trinajstić information content (AvgIpc) is 3.43. The van der Waals surface area contributed by atoms with Gasteiger partial charge in [-0.05, 0) is 30.7 Å². The van der Waals surface area contributed by atoms with Gasteiger partial charge in [-0.25, -0.2) is 4.68 Å². The SMILES string of the molecule is CN(C)C(=O)c1cc(NC(=O)[C@H]2CCO[C@@H]2c2cnn(-c3ccccc3)c2)ccn1. The zero-order chi connectivity index (χ0) is 21.1. The molecule has 1 aliphatic heterocycles. The summed E-state index contributed by atoms with van der Waals surface area (Å²) >= 11 is 0. The van der Waals surface area contributed by atoms with Crippen LogP contribution in [-0.4, -0.2) is 52.2 Å². The van der Waals surface area contributed by atoms with E-state index in [1.807, 2.05) is 36.5 Å². The third-order valence-corrected chi connectivity index (χ3v) is 5.03. The lowest BCUT2D eigenvalue weighted by Crippen LogP contribution is -2.26. The van der Waals surface area contributed by atoms with Crippen molar-refractivity contribution in [2.75, 3.05) is 26.0 Å². The van der Waals surface area contributed by atoms with Crippen LogP contribution >= 0.6 is 0 Å². The molecule has 0 unspecified atom stereocenters. The highest BCUT2D eigenvalue weighted by Crippen LogP contribution is 2.35. The molecule has 8 heteroatoms. The Labute approximate surface area is 174 Å². The number of rotatable bonds is 5. The summed E-state index contributed by atoms with van der Waals surface area (Å²) < 4.78 is 7.64. The molecule has 1 fully saturated rings. The van der Waals surface area contributed by atoms with Gasteiger partial charge in [0, 0.05) is 44.3 Å². The molecule has 8 nitrogen and oxygen atoms in total. The molecule has 0 radical (unpaired) electrons. The van der Waals surface area contributed by atoms with Gasteiger partial charge in [0.1, 0.15) is 5.69 Å². The van der Waals surface area contributed by atoms with E-state index in [2.05, 4.69) is 15.4 Å². The average molecular weight is 405 g/mol. The molecule has 154 valence electrons. The molecule has 3 aromatic rings. The van der Waals surface area contributed by atoms with Crippen molar-refractivity contribution in [2.24, 2.45) is 5.92 Å². The standard InChI is InChI=1S/C22H23N5O3/c1-26(2)22(29)19-12-16(8-10-23-19)25-21(28)18-9-11-30-20(18)15-13-24-27(14-15)17-6-4-3-5-7-17/h3-8,10,12-14,18,20H,9,11H2,1-2H3,(H,23,25,28)/t18-,20+/m0/s1. The molecule has 0 bridgehead atoms. The first-order valence-corrected chi connectivity index (χ1v) is 9.73. The van der Waals surface area contributed by atoms with Crippen molar-refractivity contribution in [3.05, 3.63) is 72.3 Å². The Kier molecular flexibility index (Phi) is 5.58. The van der Waals surface area contributed by atoms with Gasteiger partial charge in [0.25, 0.3) is 5.91 Å². The normalized spacial score (nSPS) is 18.2. The minimum atomic E-state index is -0.368. The number of hydrogen-bond donors (Lipinski definition) is 1. The second kappa shape index (κ2) is 8.46. The van der Waals surface area contributed by atoms with Crippen LogP contribution in [0.2, 0.25) is 0 Å². The van der Waals surface area contributed by atoms with Crippen LogP contribution in [0.5, 0.6) is 0 Å². The lowest BCUT2D eigenvalue weighted by atomic mass is 9.96. The van der Waals surface area contributed by atoms with Crippen molar-refractivity contribution in [3.8, 4) is 5.69 Å². The lowest BCUT2D eigenvalue weighted by molar-refractivity contribution is -0.121. The molecule has 2 amide bonds. The van der Waals surface area contributed by atoms with E-state index in [1.54, 1.807) is 37.1 Å². The van der Waals surface area contributed by atoms with Crippen molar-refractivity contribution in [3.63, 3.8) is 0 Å². The van der Waals surface area contributed by atoms with Gasteiger partial charge in [0.15, 0.2) is 0 Å².